The number of aromatic nitrogens is 2. The molecule has 10 heteroatoms. The summed E-state index contributed by atoms with van der Waals surface area (Å²) in [5, 5.41) is 27.7. The van der Waals surface area contributed by atoms with Crippen molar-refractivity contribution < 1.29 is 32.5 Å². The molecule has 2 fully saturated rings. The van der Waals surface area contributed by atoms with E-state index < -0.39 is 34.9 Å². The van der Waals surface area contributed by atoms with Crippen LogP contribution in [0.5, 0.6) is 5.75 Å². The van der Waals surface area contributed by atoms with Gasteiger partial charge in [-0.2, -0.15) is 17.6 Å². The van der Waals surface area contributed by atoms with Crippen LogP contribution in [0.25, 0.3) is 10.9 Å². The second kappa shape index (κ2) is 8.09. The van der Waals surface area contributed by atoms with Gasteiger partial charge in [0.05, 0.1) is 33.7 Å². The van der Waals surface area contributed by atoms with Crippen LogP contribution < -0.4 is 10.1 Å². The number of ether oxygens (including phenoxy) is 1. The highest BCUT2D eigenvalue weighted by Gasteiger charge is 2.44. The van der Waals surface area contributed by atoms with Crippen LogP contribution in [0.2, 0.25) is 0 Å². The van der Waals surface area contributed by atoms with E-state index in [2.05, 4.69) is 10.4 Å². The van der Waals surface area contributed by atoms with Crippen molar-refractivity contribution >= 4 is 10.9 Å². The van der Waals surface area contributed by atoms with E-state index in [1.165, 1.54) is 6.07 Å². The Labute approximate surface area is 189 Å². The van der Waals surface area contributed by atoms with Crippen molar-refractivity contribution in [3.05, 3.63) is 23.6 Å². The Morgan fingerprint density at radius 3 is 2.45 bits per heavy atom. The number of hydrogen-bond acceptors (Lipinski definition) is 5. The third kappa shape index (κ3) is 4.70. The number of hydrogen-bond donors (Lipinski definition) is 3. The molecular weight excluding hydrogens is 442 g/mol. The van der Waals surface area contributed by atoms with Crippen LogP contribution >= 0.6 is 0 Å². The van der Waals surface area contributed by atoms with Gasteiger partial charge in [-0.1, -0.05) is 13.8 Å². The number of nitrogens with one attached hydrogen (secondary N) is 1. The molecule has 1 aliphatic heterocycles. The highest BCUT2D eigenvalue weighted by Crippen LogP contribution is 2.45. The molecule has 1 saturated heterocycles. The first kappa shape index (κ1) is 24.2. The lowest BCUT2D eigenvalue weighted by Gasteiger charge is -2.43. The Kier molecular flexibility index (Phi) is 5.94. The fourth-order valence-corrected chi connectivity index (χ4v) is 5.24. The number of nitrogens with zero attached hydrogens (tertiary/aromatic N) is 2. The van der Waals surface area contributed by atoms with Crippen molar-refractivity contribution in [2.45, 2.75) is 88.9 Å². The summed E-state index contributed by atoms with van der Waals surface area (Å²) < 4.78 is 63.2. The van der Waals surface area contributed by atoms with Crippen LogP contribution in [0.15, 0.2) is 12.1 Å². The molecule has 2 heterocycles. The summed E-state index contributed by atoms with van der Waals surface area (Å²) in [5.74, 6) is -1.10. The summed E-state index contributed by atoms with van der Waals surface area (Å²) >= 11 is 0. The molecule has 0 radical (unpaired) electrons. The molecule has 2 aliphatic rings. The van der Waals surface area contributed by atoms with E-state index in [4.69, 9.17) is 4.74 Å². The van der Waals surface area contributed by atoms with Crippen molar-refractivity contribution in [1.82, 2.24) is 15.1 Å². The third-order valence-electron chi connectivity index (χ3n) is 7.04. The van der Waals surface area contributed by atoms with Gasteiger partial charge in [-0.25, -0.2) is 0 Å². The third-order valence-corrected chi connectivity index (χ3v) is 7.04. The Bertz CT molecular complexity index is 1030. The second-order valence-electron chi connectivity index (χ2n) is 10.4. The van der Waals surface area contributed by atoms with Gasteiger partial charge in [0.25, 0.3) is 0 Å². The monoisotopic (exact) mass is 473 g/mol. The lowest BCUT2D eigenvalue weighted by atomic mass is 9.77. The lowest BCUT2D eigenvalue weighted by Crippen LogP contribution is -2.56. The fraction of sp³-hybridized carbons (Fsp3) is 0.696. The van der Waals surface area contributed by atoms with Gasteiger partial charge in [-0.3, -0.25) is 4.68 Å². The molecule has 3 atom stereocenters. The molecule has 1 aromatic heterocycles. The van der Waals surface area contributed by atoms with Crippen LogP contribution in [0.3, 0.4) is 0 Å². The molecule has 184 valence electrons. The van der Waals surface area contributed by atoms with Gasteiger partial charge in [0, 0.05) is 12.1 Å². The largest absolute Gasteiger partial charge is 0.492 e. The predicted octanol–water partition coefficient (Wildman–Crippen LogP) is 4.19. The molecule has 0 spiro atoms. The minimum Gasteiger partial charge on any atom is -0.492 e. The van der Waals surface area contributed by atoms with Gasteiger partial charge in [-0.15, -0.1) is 5.10 Å². The Morgan fingerprint density at radius 1 is 1.21 bits per heavy atom. The van der Waals surface area contributed by atoms with Crippen molar-refractivity contribution in [3.8, 4) is 5.75 Å². The van der Waals surface area contributed by atoms with Gasteiger partial charge >= 0.3 is 6.18 Å². The van der Waals surface area contributed by atoms with Gasteiger partial charge in [0.15, 0.2) is 0 Å². The minimum absolute atomic E-state index is 0.0170. The normalized spacial score (nSPS) is 32.9. The maximum Gasteiger partial charge on any atom is 0.418 e. The quantitative estimate of drug-likeness (QED) is 0.568. The average molecular weight is 474 g/mol. The van der Waals surface area contributed by atoms with E-state index in [0.717, 1.165) is 10.7 Å². The maximum absolute atomic E-state index is 14.6. The highest BCUT2D eigenvalue weighted by molar-refractivity contribution is 5.85. The molecule has 1 saturated carbocycles. The first-order chi connectivity index (χ1) is 15.2. The number of halogens is 4. The van der Waals surface area contributed by atoms with Gasteiger partial charge in [0.1, 0.15) is 12.4 Å². The molecule has 3 N–H and O–H groups in total. The molecule has 1 aromatic carbocycles. The first-order valence-corrected chi connectivity index (χ1v) is 11.3. The number of piperidine rings is 1. The summed E-state index contributed by atoms with van der Waals surface area (Å²) in [6.45, 7) is 7.42. The number of alkyl halides is 3. The second-order valence-corrected chi connectivity index (χ2v) is 10.4. The summed E-state index contributed by atoms with van der Waals surface area (Å²) in [6, 6.07) is 1.35. The highest BCUT2D eigenvalue weighted by atomic mass is 19.4. The van der Waals surface area contributed by atoms with Gasteiger partial charge in [-0.05, 0) is 57.6 Å². The first-order valence-electron chi connectivity index (χ1n) is 11.3. The zero-order chi connectivity index (χ0) is 24.3. The van der Waals surface area contributed by atoms with Crippen molar-refractivity contribution in [2.24, 2.45) is 5.92 Å². The van der Waals surface area contributed by atoms with Crippen LogP contribution in [-0.2, 0) is 6.18 Å². The molecule has 4 rings (SSSR count). The Balaban J connectivity index is 1.62. The molecular formula is C23H31F4N3O3. The van der Waals surface area contributed by atoms with E-state index in [1.807, 2.05) is 20.8 Å². The summed E-state index contributed by atoms with van der Waals surface area (Å²) in [6.07, 6.45) is -3.38. The SMILES string of the molecule is CC1C[C@@](O)(C(C)C)C[C@@H](COc2cc(C(F)(F)F)c3c(c2)c(F)nn3C2CC(C)(O)C2)N1. The molecule has 2 aromatic rings. The zero-order valence-electron chi connectivity index (χ0n) is 19.2. The molecule has 1 aliphatic carbocycles. The Hall–Kier alpha value is -1.91. The van der Waals surface area contributed by atoms with Gasteiger partial charge in [0.2, 0.25) is 5.95 Å². The minimum atomic E-state index is -4.75. The molecule has 0 bridgehead atoms. The zero-order valence-corrected chi connectivity index (χ0v) is 19.2. The number of rotatable bonds is 5. The smallest absolute Gasteiger partial charge is 0.418 e. The number of aliphatic hydroxyl groups is 2. The Morgan fingerprint density at radius 2 is 1.88 bits per heavy atom. The van der Waals surface area contributed by atoms with E-state index in [0.29, 0.717) is 12.8 Å². The van der Waals surface area contributed by atoms with E-state index in [-0.39, 0.29) is 54.1 Å². The lowest BCUT2D eigenvalue weighted by molar-refractivity contribution is -0.136. The standard InChI is InChI=1S/C23H31F4N3O3/c1-12(2)22(32)7-13(3)28-14(8-22)11-33-16-5-17-19(18(6-16)23(25,26)27)30(29-20(17)24)15-9-21(4,31)10-15/h5-6,12-15,28,31-32H,7-11H2,1-4H3/t13?,14-,15?,21?,22-/m0/s1. The summed E-state index contributed by atoms with van der Waals surface area (Å²) in [5.41, 5.74) is -3.26. The molecule has 6 nitrogen and oxygen atoms in total. The molecule has 33 heavy (non-hydrogen) atoms. The van der Waals surface area contributed by atoms with Crippen molar-refractivity contribution in [2.75, 3.05) is 6.61 Å². The fourth-order valence-electron chi connectivity index (χ4n) is 5.24. The average Bonchev–Trinajstić information content (AvgIpc) is 2.98. The maximum atomic E-state index is 14.6. The predicted molar refractivity (Wildman–Crippen MR) is 114 cm³/mol. The van der Waals surface area contributed by atoms with Crippen LogP contribution in [0, 0.1) is 11.9 Å². The summed E-state index contributed by atoms with van der Waals surface area (Å²) in [7, 11) is 0. The summed E-state index contributed by atoms with van der Waals surface area (Å²) in [4.78, 5) is 0. The molecule has 0 amide bonds. The number of fused-ring (bicyclic) bond motifs is 1. The van der Waals surface area contributed by atoms with Crippen LogP contribution in [-0.4, -0.2) is 49.9 Å². The van der Waals surface area contributed by atoms with E-state index in [1.54, 1.807) is 6.92 Å². The topological polar surface area (TPSA) is 79.5 Å². The number of benzene rings is 1. The van der Waals surface area contributed by atoms with Crippen LogP contribution in [0.4, 0.5) is 17.6 Å². The van der Waals surface area contributed by atoms with Crippen molar-refractivity contribution in [3.63, 3.8) is 0 Å². The van der Waals surface area contributed by atoms with Crippen LogP contribution in [0.1, 0.15) is 65.0 Å². The van der Waals surface area contributed by atoms with E-state index >= 15 is 0 Å². The van der Waals surface area contributed by atoms with Crippen molar-refractivity contribution in [1.29, 1.82) is 0 Å². The van der Waals surface area contributed by atoms with E-state index in [9.17, 15) is 27.8 Å². The van der Waals surface area contributed by atoms with Gasteiger partial charge < -0.3 is 20.3 Å². The molecule has 1 unspecified atom stereocenters.